The normalized spacial score (nSPS) is 15.9. The van der Waals surface area contributed by atoms with E-state index in [4.69, 9.17) is 0 Å². The summed E-state index contributed by atoms with van der Waals surface area (Å²) in [6, 6.07) is 47.6. The molecule has 1 heteroatoms. The predicted octanol–water partition coefficient (Wildman–Crippen LogP) is 15.3. The zero-order chi connectivity index (χ0) is 37.5. The molecular formula is C53H55N. The Morgan fingerprint density at radius 3 is 1.56 bits per heavy atom. The number of hydrogen-bond donors (Lipinski definition) is 0. The number of benzene rings is 6. The van der Waals surface area contributed by atoms with Crippen LogP contribution in [0.5, 0.6) is 0 Å². The van der Waals surface area contributed by atoms with Crippen molar-refractivity contribution < 1.29 is 0 Å². The summed E-state index contributed by atoms with van der Waals surface area (Å²) in [7, 11) is 0. The summed E-state index contributed by atoms with van der Waals surface area (Å²) in [4.78, 5) is 2.61. The van der Waals surface area contributed by atoms with Gasteiger partial charge < -0.3 is 4.90 Å². The van der Waals surface area contributed by atoms with Gasteiger partial charge in [-0.1, -0.05) is 159 Å². The zero-order valence-electron chi connectivity index (χ0n) is 33.6. The fourth-order valence-electron chi connectivity index (χ4n) is 10.2. The molecule has 1 spiro atoms. The average molecular weight is 706 g/mol. The van der Waals surface area contributed by atoms with Crippen LogP contribution in [0.2, 0.25) is 0 Å². The molecule has 6 aromatic carbocycles. The lowest BCUT2D eigenvalue weighted by Crippen LogP contribution is -2.21. The van der Waals surface area contributed by atoms with E-state index in [1.807, 2.05) is 0 Å². The van der Waals surface area contributed by atoms with Crippen molar-refractivity contribution in [3.05, 3.63) is 160 Å². The minimum Gasteiger partial charge on any atom is -0.310 e. The Hall–Kier alpha value is -4.88. The maximum Gasteiger partial charge on any atom is 0.0542 e. The van der Waals surface area contributed by atoms with Crippen LogP contribution in [0, 0.1) is 0 Å². The van der Waals surface area contributed by atoms with Crippen LogP contribution in [-0.4, -0.2) is 0 Å². The summed E-state index contributed by atoms with van der Waals surface area (Å²) in [5, 5.41) is 0. The molecule has 0 amide bonds. The summed E-state index contributed by atoms with van der Waals surface area (Å²) in [6.45, 7) is 18.7. The Bertz CT molecular complexity index is 2390. The minimum absolute atomic E-state index is 0.0928. The van der Waals surface area contributed by atoms with Crippen LogP contribution in [0.3, 0.4) is 0 Å². The van der Waals surface area contributed by atoms with E-state index in [1.54, 1.807) is 0 Å². The van der Waals surface area contributed by atoms with Crippen LogP contribution in [0.4, 0.5) is 17.1 Å². The standard InChI is InChI=1S/C53H55N/c1-33(2)36-19-22-42(39-28-37(34(3)4)27-38(29-39)35(5)6)51(30-36)54(40-20-23-45-43-15-9-11-17-47(43)52(7,8)49(45)31-40)41-21-24-46-44-16-10-12-18-48(44)53(50(46)32-41)25-13-14-26-53/h9-12,15-24,27-35H,13-14,25-26H2,1-8H3. The highest BCUT2D eigenvalue weighted by atomic mass is 15.1. The third kappa shape index (κ3) is 5.33. The predicted molar refractivity (Wildman–Crippen MR) is 231 cm³/mol. The van der Waals surface area contributed by atoms with Gasteiger partial charge in [-0.15, -0.1) is 0 Å². The van der Waals surface area contributed by atoms with Crippen molar-refractivity contribution in [2.75, 3.05) is 4.90 Å². The average Bonchev–Trinajstić information content (AvgIpc) is 3.84. The second kappa shape index (κ2) is 12.9. The van der Waals surface area contributed by atoms with Crippen LogP contribution >= 0.6 is 0 Å². The first-order chi connectivity index (χ1) is 26.0. The maximum atomic E-state index is 2.61. The van der Waals surface area contributed by atoms with E-state index in [-0.39, 0.29) is 10.8 Å². The highest BCUT2D eigenvalue weighted by Gasteiger charge is 2.45. The highest BCUT2D eigenvalue weighted by molar-refractivity contribution is 5.93. The molecule has 0 N–H and O–H groups in total. The Morgan fingerprint density at radius 2 is 0.944 bits per heavy atom. The number of rotatable bonds is 7. The van der Waals surface area contributed by atoms with E-state index < -0.39 is 0 Å². The van der Waals surface area contributed by atoms with Gasteiger partial charge in [-0.3, -0.25) is 0 Å². The fourth-order valence-corrected chi connectivity index (χ4v) is 10.2. The van der Waals surface area contributed by atoms with Gasteiger partial charge in [0.2, 0.25) is 0 Å². The number of fused-ring (bicyclic) bond motifs is 8. The van der Waals surface area contributed by atoms with E-state index in [0.717, 1.165) is 0 Å². The van der Waals surface area contributed by atoms with E-state index in [2.05, 4.69) is 182 Å². The SMILES string of the molecule is CC(C)c1cc(-c2ccc(C(C)C)cc2N(c2ccc3c(c2)C(C)(C)c2ccccc2-3)c2ccc3c(c2)C2(CCCC2)c2ccccc2-3)cc(C(C)C)c1. The largest absolute Gasteiger partial charge is 0.310 e. The quantitative estimate of drug-likeness (QED) is 0.160. The molecule has 6 aromatic rings. The minimum atomic E-state index is -0.0958. The molecule has 0 aromatic heterocycles. The molecule has 0 heterocycles. The van der Waals surface area contributed by atoms with Gasteiger partial charge in [-0.05, 0) is 128 Å². The third-order valence-electron chi connectivity index (χ3n) is 13.3. The molecule has 1 fully saturated rings. The Labute approximate surface area is 324 Å². The van der Waals surface area contributed by atoms with Gasteiger partial charge in [0.05, 0.1) is 5.69 Å². The van der Waals surface area contributed by atoms with Crippen molar-refractivity contribution in [3.63, 3.8) is 0 Å². The van der Waals surface area contributed by atoms with Crippen LogP contribution in [0.25, 0.3) is 33.4 Å². The fraction of sp³-hybridized carbons (Fsp3) is 0.321. The van der Waals surface area contributed by atoms with Gasteiger partial charge in [0, 0.05) is 27.8 Å². The molecule has 9 rings (SSSR count). The Balaban J connectivity index is 1.32. The van der Waals surface area contributed by atoms with Crippen molar-refractivity contribution in [2.24, 2.45) is 0 Å². The summed E-state index contributed by atoms with van der Waals surface area (Å²) >= 11 is 0. The number of nitrogens with zero attached hydrogens (tertiary/aromatic N) is 1. The van der Waals surface area contributed by atoms with Crippen LogP contribution in [-0.2, 0) is 10.8 Å². The highest BCUT2D eigenvalue weighted by Crippen LogP contribution is 2.58. The molecule has 3 aliphatic carbocycles. The molecule has 0 aliphatic heterocycles. The lowest BCUT2D eigenvalue weighted by molar-refractivity contribution is 0.550. The molecule has 0 radical (unpaired) electrons. The summed E-state index contributed by atoms with van der Waals surface area (Å²) in [5.41, 5.74) is 21.9. The summed E-state index contributed by atoms with van der Waals surface area (Å²) in [5.74, 6) is 1.29. The summed E-state index contributed by atoms with van der Waals surface area (Å²) in [6.07, 6.45) is 5.01. The van der Waals surface area contributed by atoms with Crippen molar-refractivity contribution in [1.82, 2.24) is 0 Å². The molecule has 1 saturated carbocycles. The van der Waals surface area contributed by atoms with E-state index in [0.29, 0.717) is 17.8 Å². The molecule has 0 saturated heterocycles. The zero-order valence-corrected chi connectivity index (χ0v) is 33.6. The number of hydrogen-bond acceptors (Lipinski definition) is 1. The van der Waals surface area contributed by atoms with Crippen molar-refractivity contribution in [1.29, 1.82) is 0 Å². The molecule has 272 valence electrons. The maximum absolute atomic E-state index is 2.61. The van der Waals surface area contributed by atoms with Gasteiger partial charge >= 0.3 is 0 Å². The Morgan fingerprint density at radius 1 is 0.444 bits per heavy atom. The molecular weight excluding hydrogens is 651 g/mol. The third-order valence-corrected chi connectivity index (χ3v) is 13.3. The molecule has 0 atom stereocenters. The van der Waals surface area contributed by atoms with Crippen LogP contribution in [0.15, 0.2) is 121 Å². The van der Waals surface area contributed by atoms with Gasteiger partial charge in [-0.25, -0.2) is 0 Å². The van der Waals surface area contributed by atoms with Crippen molar-refractivity contribution in [2.45, 2.75) is 110 Å². The second-order valence-electron chi connectivity index (χ2n) is 17.9. The second-order valence-corrected chi connectivity index (χ2v) is 17.9. The summed E-state index contributed by atoms with van der Waals surface area (Å²) < 4.78 is 0. The van der Waals surface area contributed by atoms with Crippen molar-refractivity contribution in [3.8, 4) is 33.4 Å². The van der Waals surface area contributed by atoms with E-state index in [9.17, 15) is 0 Å². The molecule has 0 bridgehead atoms. The van der Waals surface area contributed by atoms with E-state index >= 15 is 0 Å². The smallest absolute Gasteiger partial charge is 0.0542 e. The first-order valence-corrected chi connectivity index (χ1v) is 20.6. The van der Waals surface area contributed by atoms with Crippen LogP contribution in [0.1, 0.15) is 138 Å². The molecule has 1 nitrogen and oxygen atoms in total. The van der Waals surface area contributed by atoms with Gasteiger partial charge in [-0.2, -0.15) is 0 Å². The van der Waals surface area contributed by atoms with Crippen molar-refractivity contribution >= 4 is 17.1 Å². The lowest BCUT2D eigenvalue weighted by Gasteiger charge is -2.32. The number of anilines is 3. The topological polar surface area (TPSA) is 3.24 Å². The van der Waals surface area contributed by atoms with Crippen LogP contribution < -0.4 is 4.90 Å². The lowest BCUT2D eigenvalue weighted by atomic mass is 9.76. The van der Waals surface area contributed by atoms with Gasteiger partial charge in [0.1, 0.15) is 0 Å². The van der Waals surface area contributed by atoms with Gasteiger partial charge in [0.25, 0.3) is 0 Å². The van der Waals surface area contributed by atoms with E-state index in [1.165, 1.54) is 115 Å². The monoisotopic (exact) mass is 705 g/mol. The molecule has 3 aliphatic rings. The first kappa shape index (κ1) is 34.9. The Kier molecular flexibility index (Phi) is 8.31. The molecule has 54 heavy (non-hydrogen) atoms. The van der Waals surface area contributed by atoms with Gasteiger partial charge in [0.15, 0.2) is 0 Å². The first-order valence-electron chi connectivity index (χ1n) is 20.6. The molecule has 0 unspecified atom stereocenters.